The molecule has 0 unspecified atom stereocenters. The van der Waals surface area contributed by atoms with Crippen LogP contribution in [-0.4, -0.2) is 84.7 Å². The van der Waals surface area contributed by atoms with Crippen molar-refractivity contribution in [1.29, 1.82) is 0 Å². The van der Waals surface area contributed by atoms with Gasteiger partial charge in [0.25, 0.3) is 5.91 Å². The summed E-state index contributed by atoms with van der Waals surface area (Å²) in [5.74, 6) is 0.241. The number of likely N-dealkylation sites (N-methyl/N-ethyl adjacent to an activating group) is 1. The van der Waals surface area contributed by atoms with Crippen LogP contribution in [0.15, 0.2) is 6.07 Å². The fraction of sp³-hybridized carbons (Fsp3) is 0.667. The van der Waals surface area contributed by atoms with Crippen molar-refractivity contribution < 1.29 is 14.3 Å². The summed E-state index contributed by atoms with van der Waals surface area (Å²) in [6, 6.07) is 1.70. The molecule has 1 saturated heterocycles. The molecule has 1 aliphatic rings. The Labute approximate surface area is 160 Å². The zero-order valence-corrected chi connectivity index (χ0v) is 16.6. The average Bonchev–Trinajstić information content (AvgIpc) is 2.61. The first-order valence-corrected chi connectivity index (χ1v) is 9.36. The maximum absolute atomic E-state index is 12.6. The van der Waals surface area contributed by atoms with Gasteiger partial charge in [-0.2, -0.15) is 0 Å². The number of carbonyl (C=O) groups excluding carboxylic acids is 2. The van der Waals surface area contributed by atoms with Gasteiger partial charge in [0.1, 0.15) is 5.69 Å². The summed E-state index contributed by atoms with van der Waals surface area (Å²) >= 11 is 0. The Morgan fingerprint density at radius 3 is 2.63 bits per heavy atom. The van der Waals surface area contributed by atoms with Crippen molar-refractivity contribution in [3.63, 3.8) is 0 Å². The van der Waals surface area contributed by atoms with E-state index in [1.54, 1.807) is 17.9 Å². The zero-order valence-electron chi connectivity index (χ0n) is 16.6. The van der Waals surface area contributed by atoms with Crippen LogP contribution < -0.4 is 10.6 Å². The lowest BCUT2D eigenvalue weighted by Crippen LogP contribution is -2.46. The van der Waals surface area contributed by atoms with Gasteiger partial charge < -0.3 is 25.2 Å². The molecule has 2 heterocycles. The molecule has 9 heteroatoms. The number of aryl methyl sites for hydroxylation is 1. The van der Waals surface area contributed by atoms with Gasteiger partial charge in [0.05, 0.1) is 6.61 Å². The van der Waals surface area contributed by atoms with E-state index in [1.165, 1.54) is 0 Å². The van der Waals surface area contributed by atoms with Crippen molar-refractivity contribution in [3.05, 3.63) is 17.5 Å². The molecule has 0 aliphatic carbocycles. The second kappa shape index (κ2) is 10.1. The lowest BCUT2D eigenvalue weighted by Gasteiger charge is -2.31. The molecule has 1 fully saturated rings. The fourth-order valence-electron chi connectivity index (χ4n) is 2.84. The number of piperidine rings is 1. The summed E-state index contributed by atoms with van der Waals surface area (Å²) in [6.45, 7) is 6.69. The second-order valence-electron chi connectivity index (χ2n) is 6.88. The predicted molar refractivity (Wildman–Crippen MR) is 103 cm³/mol. The average molecular weight is 378 g/mol. The number of rotatable bonds is 7. The van der Waals surface area contributed by atoms with Crippen LogP contribution in [0.3, 0.4) is 0 Å². The number of nitrogens with zero attached hydrogens (tertiary/aromatic N) is 4. The van der Waals surface area contributed by atoms with Gasteiger partial charge in [0.2, 0.25) is 5.95 Å². The number of aromatic nitrogens is 2. The Kier molecular flexibility index (Phi) is 7.78. The van der Waals surface area contributed by atoms with E-state index >= 15 is 0 Å². The van der Waals surface area contributed by atoms with Gasteiger partial charge in [-0.15, -0.1) is 0 Å². The number of nitrogens with one attached hydrogen (secondary N) is 2. The van der Waals surface area contributed by atoms with Gasteiger partial charge in [-0.3, -0.25) is 4.79 Å². The molecule has 0 radical (unpaired) electrons. The van der Waals surface area contributed by atoms with Crippen LogP contribution in [0.2, 0.25) is 0 Å². The third-order valence-corrected chi connectivity index (χ3v) is 4.29. The minimum Gasteiger partial charge on any atom is -0.450 e. The second-order valence-corrected chi connectivity index (χ2v) is 6.88. The van der Waals surface area contributed by atoms with Crippen LogP contribution in [0.5, 0.6) is 0 Å². The first-order valence-electron chi connectivity index (χ1n) is 9.36. The van der Waals surface area contributed by atoms with Crippen LogP contribution in [0.25, 0.3) is 0 Å². The Morgan fingerprint density at radius 2 is 2.00 bits per heavy atom. The molecular weight excluding hydrogens is 348 g/mol. The molecule has 0 aromatic carbocycles. The molecular formula is C18H30N6O3. The topological polar surface area (TPSA) is 99.7 Å². The number of anilines is 1. The summed E-state index contributed by atoms with van der Waals surface area (Å²) in [4.78, 5) is 36.7. The number of hydrogen-bond acceptors (Lipinski definition) is 7. The van der Waals surface area contributed by atoms with Gasteiger partial charge in [-0.1, -0.05) is 0 Å². The fourth-order valence-corrected chi connectivity index (χ4v) is 2.84. The standard InChI is InChI=1S/C18H30N6O3/c1-5-27-18(26)24-9-6-14(7-10-24)21-16(25)15-12-13(2)20-17(22-15)19-8-11-23(3)4/h12,14H,5-11H2,1-4H3,(H,21,25)(H,19,20,22). The molecule has 9 nitrogen and oxygen atoms in total. The highest BCUT2D eigenvalue weighted by Gasteiger charge is 2.25. The van der Waals surface area contributed by atoms with Gasteiger partial charge >= 0.3 is 6.09 Å². The van der Waals surface area contributed by atoms with Crippen LogP contribution in [0.1, 0.15) is 35.9 Å². The van der Waals surface area contributed by atoms with E-state index in [1.807, 2.05) is 21.0 Å². The molecule has 1 aromatic rings. The molecule has 27 heavy (non-hydrogen) atoms. The molecule has 1 aromatic heterocycles. The number of ether oxygens (including phenoxy) is 1. The maximum Gasteiger partial charge on any atom is 0.409 e. The molecule has 150 valence electrons. The number of amides is 2. The van der Waals surface area contributed by atoms with Crippen LogP contribution in [0, 0.1) is 6.92 Å². The van der Waals surface area contributed by atoms with Crippen molar-refractivity contribution in [2.24, 2.45) is 0 Å². The van der Waals surface area contributed by atoms with Crippen molar-refractivity contribution in [2.75, 3.05) is 52.2 Å². The Hall–Kier alpha value is -2.42. The van der Waals surface area contributed by atoms with E-state index in [4.69, 9.17) is 4.74 Å². The largest absolute Gasteiger partial charge is 0.450 e. The number of likely N-dealkylation sites (tertiary alicyclic amines) is 1. The minimum atomic E-state index is -0.290. The van der Waals surface area contributed by atoms with Crippen molar-refractivity contribution in [2.45, 2.75) is 32.7 Å². The molecule has 0 spiro atoms. The first kappa shape index (κ1) is 20.9. The van der Waals surface area contributed by atoms with Crippen molar-refractivity contribution in [3.8, 4) is 0 Å². The van der Waals surface area contributed by atoms with Gasteiger partial charge in [-0.05, 0) is 46.9 Å². The minimum absolute atomic E-state index is 0.0172. The Bertz CT molecular complexity index is 644. The molecule has 0 saturated carbocycles. The SMILES string of the molecule is CCOC(=O)N1CCC(NC(=O)c2cc(C)nc(NCCN(C)C)n2)CC1. The number of carbonyl (C=O) groups is 2. The maximum atomic E-state index is 12.6. The normalized spacial score (nSPS) is 14.9. The quantitative estimate of drug-likeness (QED) is 0.733. The molecule has 0 bridgehead atoms. The highest BCUT2D eigenvalue weighted by molar-refractivity contribution is 5.92. The summed E-state index contributed by atoms with van der Waals surface area (Å²) < 4.78 is 5.01. The van der Waals surface area contributed by atoms with Gasteiger partial charge in [-0.25, -0.2) is 14.8 Å². The molecule has 2 rings (SSSR count). The molecule has 0 atom stereocenters. The van der Waals surface area contributed by atoms with Crippen LogP contribution >= 0.6 is 0 Å². The third kappa shape index (κ3) is 6.67. The van der Waals surface area contributed by atoms with E-state index in [9.17, 15) is 9.59 Å². The lowest BCUT2D eigenvalue weighted by molar-refractivity contribution is 0.0856. The Morgan fingerprint density at radius 1 is 1.30 bits per heavy atom. The van der Waals surface area contributed by atoms with Crippen molar-refractivity contribution >= 4 is 17.9 Å². The van der Waals surface area contributed by atoms with E-state index < -0.39 is 0 Å². The van der Waals surface area contributed by atoms with Gasteiger partial charge in [0, 0.05) is 37.9 Å². The summed E-state index contributed by atoms with van der Waals surface area (Å²) in [7, 11) is 3.98. The highest BCUT2D eigenvalue weighted by atomic mass is 16.6. The van der Waals surface area contributed by atoms with Gasteiger partial charge in [0.15, 0.2) is 0 Å². The first-order chi connectivity index (χ1) is 12.9. The number of hydrogen-bond donors (Lipinski definition) is 2. The molecule has 2 amide bonds. The van der Waals surface area contributed by atoms with E-state index in [0.29, 0.717) is 50.7 Å². The predicted octanol–water partition coefficient (Wildman–Crippen LogP) is 1.11. The van der Waals surface area contributed by atoms with Crippen LogP contribution in [0.4, 0.5) is 10.7 Å². The highest BCUT2D eigenvalue weighted by Crippen LogP contribution is 2.13. The smallest absolute Gasteiger partial charge is 0.409 e. The van der Waals surface area contributed by atoms with E-state index in [2.05, 4.69) is 25.5 Å². The summed E-state index contributed by atoms with van der Waals surface area (Å²) in [5, 5.41) is 6.16. The van der Waals surface area contributed by atoms with Crippen molar-refractivity contribution in [1.82, 2.24) is 25.1 Å². The van der Waals surface area contributed by atoms with E-state index in [0.717, 1.165) is 12.2 Å². The molecule has 2 N–H and O–H groups in total. The summed E-state index contributed by atoms with van der Waals surface area (Å²) in [6.07, 6.45) is 1.10. The third-order valence-electron chi connectivity index (χ3n) is 4.29. The summed E-state index contributed by atoms with van der Waals surface area (Å²) in [5.41, 5.74) is 1.09. The van der Waals surface area contributed by atoms with Crippen LogP contribution in [-0.2, 0) is 4.74 Å². The van der Waals surface area contributed by atoms with E-state index in [-0.39, 0.29) is 18.0 Å². The molecule has 1 aliphatic heterocycles. The monoisotopic (exact) mass is 378 g/mol. The zero-order chi connectivity index (χ0) is 19.8. The lowest BCUT2D eigenvalue weighted by atomic mass is 10.1. The Balaban J connectivity index is 1.88.